The monoisotopic (exact) mass is 438 g/mol. The minimum Gasteiger partial charge on any atom is -0.496 e. The van der Waals surface area contributed by atoms with Gasteiger partial charge in [0.1, 0.15) is 11.4 Å². The number of ether oxygens (including phenoxy) is 1. The summed E-state index contributed by atoms with van der Waals surface area (Å²) in [7, 11) is 1.48. The number of aromatic nitrogens is 3. The van der Waals surface area contributed by atoms with Gasteiger partial charge in [-0.15, -0.1) is 0 Å². The van der Waals surface area contributed by atoms with Gasteiger partial charge < -0.3 is 25.1 Å². The molecule has 3 amide bonds. The van der Waals surface area contributed by atoms with Crippen molar-refractivity contribution in [1.82, 2.24) is 25.6 Å². The lowest BCUT2D eigenvalue weighted by molar-refractivity contribution is -0.137. The van der Waals surface area contributed by atoms with E-state index in [1.807, 2.05) is 0 Å². The minimum atomic E-state index is -0.903. The van der Waals surface area contributed by atoms with E-state index in [0.717, 1.165) is 0 Å². The summed E-state index contributed by atoms with van der Waals surface area (Å²) in [6, 6.07) is 4.85. The summed E-state index contributed by atoms with van der Waals surface area (Å²) in [6.45, 7) is 3.41. The van der Waals surface area contributed by atoms with Crippen molar-refractivity contribution in [2.75, 3.05) is 19.0 Å². The average molecular weight is 438 g/mol. The molecule has 2 aromatic heterocycles. The molecular formula is C21H22N6O5. The molecule has 0 aliphatic rings. The van der Waals surface area contributed by atoms with Crippen molar-refractivity contribution < 1.29 is 23.5 Å². The number of carbonyl (C=O) groups is 3. The van der Waals surface area contributed by atoms with Gasteiger partial charge in [0.05, 0.1) is 30.6 Å². The number of nitrogens with one attached hydrogen (secondary N) is 3. The third kappa shape index (κ3) is 5.65. The lowest BCUT2D eigenvalue weighted by Gasteiger charge is -2.26. The predicted molar refractivity (Wildman–Crippen MR) is 114 cm³/mol. The molecule has 3 N–H and O–H groups in total. The first-order chi connectivity index (χ1) is 15.3. The molecule has 11 nitrogen and oxygen atoms in total. The van der Waals surface area contributed by atoms with E-state index in [0.29, 0.717) is 22.8 Å². The normalized spacial score (nSPS) is 10.8. The zero-order chi connectivity index (χ0) is 23.1. The summed E-state index contributed by atoms with van der Waals surface area (Å²) in [5, 5.41) is 7.76. The highest BCUT2D eigenvalue weighted by Crippen LogP contribution is 2.32. The summed E-state index contributed by atoms with van der Waals surface area (Å²) in [5.41, 5.74) is 0.252. The Labute approximate surface area is 183 Å². The van der Waals surface area contributed by atoms with Crippen LogP contribution in [0.5, 0.6) is 5.75 Å². The maximum atomic E-state index is 12.4. The quantitative estimate of drug-likeness (QED) is 0.469. The lowest BCUT2D eigenvalue weighted by atomic mass is 10.1. The van der Waals surface area contributed by atoms with Crippen LogP contribution in [0.4, 0.5) is 5.69 Å². The van der Waals surface area contributed by atoms with Gasteiger partial charge in [0.15, 0.2) is 12.2 Å². The maximum absolute atomic E-state index is 12.4. The van der Waals surface area contributed by atoms with Gasteiger partial charge in [-0.3, -0.25) is 19.4 Å². The van der Waals surface area contributed by atoms with Gasteiger partial charge >= 0.3 is 11.8 Å². The van der Waals surface area contributed by atoms with E-state index in [9.17, 15) is 14.4 Å². The van der Waals surface area contributed by atoms with E-state index in [1.165, 1.54) is 38.3 Å². The Morgan fingerprint density at radius 2 is 1.91 bits per heavy atom. The number of nitrogens with zero attached hydrogens (tertiary/aromatic N) is 3. The van der Waals surface area contributed by atoms with Crippen LogP contribution in [0.2, 0.25) is 0 Å². The summed E-state index contributed by atoms with van der Waals surface area (Å²) in [5.74, 6) is -1.23. The molecule has 0 bridgehead atoms. The van der Waals surface area contributed by atoms with E-state index in [4.69, 9.17) is 9.15 Å². The van der Waals surface area contributed by atoms with Crippen LogP contribution in [0.25, 0.3) is 11.3 Å². The maximum Gasteiger partial charge on any atom is 0.313 e. The molecule has 1 aromatic carbocycles. The lowest BCUT2D eigenvalue weighted by Crippen LogP contribution is -2.54. The van der Waals surface area contributed by atoms with E-state index in [1.54, 1.807) is 32.0 Å². The molecule has 0 saturated heterocycles. The first-order valence-electron chi connectivity index (χ1n) is 9.53. The van der Waals surface area contributed by atoms with Crippen LogP contribution in [-0.2, 0) is 9.59 Å². The number of carbonyl (C=O) groups excluding carboxylic acids is 3. The van der Waals surface area contributed by atoms with Crippen LogP contribution < -0.4 is 20.7 Å². The van der Waals surface area contributed by atoms with Crippen LogP contribution in [0.3, 0.4) is 0 Å². The molecule has 0 radical (unpaired) electrons. The number of amides is 3. The van der Waals surface area contributed by atoms with Crippen molar-refractivity contribution >= 4 is 23.4 Å². The van der Waals surface area contributed by atoms with Crippen LogP contribution in [0.15, 0.2) is 53.8 Å². The first-order valence-corrected chi connectivity index (χ1v) is 9.53. The number of rotatable bonds is 7. The Morgan fingerprint density at radius 3 is 2.56 bits per heavy atom. The van der Waals surface area contributed by atoms with Gasteiger partial charge in [-0.2, -0.15) is 0 Å². The van der Waals surface area contributed by atoms with Gasteiger partial charge in [0.25, 0.3) is 5.91 Å². The third-order valence-corrected chi connectivity index (χ3v) is 4.30. The molecule has 0 aliphatic heterocycles. The minimum absolute atomic E-state index is 0.0706. The summed E-state index contributed by atoms with van der Waals surface area (Å²) in [4.78, 5) is 48.4. The smallest absolute Gasteiger partial charge is 0.313 e. The molecule has 0 unspecified atom stereocenters. The Hall–Kier alpha value is -4.28. The number of anilines is 1. The largest absolute Gasteiger partial charge is 0.496 e. The standard InChI is InChI=1S/C21H22N6O5/c1-21(2,11-25-18(28)15-9-22-6-7-24-15)27-20(30)19(29)26-13-4-5-14(16(8-13)31-3)17-10-23-12-32-17/h4-10,12H,11H2,1-3H3,(H,25,28)(H,26,29)(H,27,30). The first kappa shape index (κ1) is 22.4. The summed E-state index contributed by atoms with van der Waals surface area (Å²) in [6.07, 6.45) is 7.02. The second kappa shape index (κ2) is 9.69. The fourth-order valence-corrected chi connectivity index (χ4v) is 2.73. The number of benzene rings is 1. The van der Waals surface area contributed by atoms with Gasteiger partial charge in [0.2, 0.25) is 0 Å². The SMILES string of the molecule is COc1cc(NC(=O)C(=O)NC(C)(C)CNC(=O)c2cnccn2)ccc1-c1cnco1. The highest BCUT2D eigenvalue weighted by molar-refractivity contribution is 6.39. The highest BCUT2D eigenvalue weighted by Gasteiger charge is 2.26. The second-order valence-corrected chi connectivity index (χ2v) is 7.35. The summed E-state index contributed by atoms with van der Waals surface area (Å²) >= 11 is 0. The van der Waals surface area contributed by atoms with E-state index < -0.39 is 23.3 Å². The molecule has 0 spiro atoms. The van der Waals surface area contributed by atoms with Crippen molar-refractivity contribution in [2.24, 2.45) is 0 Å². The zero-order valence-electron chi connectivity index (χ0n) is 17.7. The fourth-order valence-electron chi connectivity index (χ4n) is 2.73. The molecule has 32 heavy (non-hydrogen) atoms. The third-order valence-electron chi connectivity index (χ3n) is 4.30. The van der Waals surface area contributed by atoms with Crippen molar-refractivity contribution in [2.45, 2.75) is 19.4 Å². The fraction of sp³-hybridized carbons (Fsp3) is 0.238. The predicted octanol–water partition coefficient (Wildman–Crippen LogP) is 1.40. The number of oxazole rings is 1. The van der Waals surface area contributed by atoms with Crippen molar-refractivity contribution in [3.05, 3.63) is 55.1 Å². The Morgan fingerprint density at radius 1 is 1.09 bits per heavy atom. The zero-order valence-corrected chi connectivity index (χ0v) is 17.7. The number of methoxy groups -OCH3 is 1. The molecule has 0 saturated carbocycles. The topological polar surface area (TPSA) is 148 Å². The molecule has 11 heteroatoms. The van der Waals surface area contributed by atoms with Gasteiger partial charge in [0, 0.05) is 30.7 Å². The van der Waals surface area contributed by atoms with Gasteiger partial charge in [-0.1, -0.05) is 0 Å². The van der Waals surface area contributed by atoms with Crippen LogP contribution in [-0.4, -0.2) is 51.9 Å². The molecule has 166 valence electrons. The summed E-state index contributed by atoms with van der Waals surface area (Å²) < 4.78 is 10.6. The molecule has 2 heterocycles. The number of hydrogen-bond acceptors (Lipinski definition) is 8. The molecular weight excluding hydrogens is 416 g/mol. The molecule has 3 aromatic rings. The van der Waals surface area contributed by atoms with Crippen molar-refractivity contribution in [1.29, 1.82) is 0 Å². The van der Waals surface area contributed by atoms with E-state index in [-0.39, 0.29) is 12.2 Å². The Kier molecular flexibility index (Phi) is 6.78. The Bertz CT molecular complexity index is 1100. The van der Waals surface area contributed by atoms with Crippen molar-refractivity contribution in [3.8, 4) is 17.1 Å². The molecule has 3 rings (SSSR count). The van der Waals surface area contributed by atoms with Crippen LogP contribution >= 0.6 is 0 Å². The van der Waals surface area contributed by atoms with Crippen LogP contribution in [0.1, 0.15) is 24.3 Å². The van der Waals surface area contributed by atoms with E-state index >= 15 is 0 Å². The van der Waals surface area contributed by atoms with E-state index in [2.05, 4.69) is 30.9 Å². The molecule has 0 atom stereocenters. The Balaban J connectivity index is 1.58. The molecule has 0 aliphatic carbocycles. The van der Waals surface area contributed by atoms with Gasteiger partial charge in [-0.25, -0.2) is 9.97 Å². The van der Waals surface area contributed by atoms with Crippen molar-refractivity contribution in [3.63, 3.8) is 0 Å². The van der Waals surface area contributed by atoms with Gasteiger partial charge in [-0.05, 0) is 26.0 Å². The highest BCUT2D eigenvalue weighted by atomic mass is 16.5. The second-order valence-electron chi connectivity index (χ2n) is 7.35. The average Bonchev–Trinajstić information content (AvgIpc) is 3.32. The van der Waals surface area contributed by atoms with Crippen LogP contribution in [0, 0.1) is 0 Å². The molecule has 0 fully saturated rings. The number of hydrogen-bond donors (Lipinski definition) is 3.